The molecule has 13 heavy (non-hydrogen) atoms. The van der Waals surface area contributed by atoms with E-state index in [1.165, 1.54) is 0 Å². The van der Waals surface area contributed by atoms with Gasteiger partial charge in [-0.3, -0.25) is 4.79 Å². The van der Waals surface area contributed by atoms with Crippen LogP contribution in [0.25, 0.3) is 0 Å². The lowest BCUT2D eigenvalue weighted by Gasteiger charge is -2.08. The van der Waals surface area contributed by atoms with Gasteiger partial charge in [0.1, 0.15) is 12.6 Å². The lowest BCUT2D eigenvalue weighted by atomic mass is 10.2. The molecule has 4 nitrogen and oxygen atoms in total. The van der Waals surface area contributed by atoms with E-state index in [1.807, 2.05) is 0 Å². The zero-order valence-electron chi connectivity index (χ0n) is 7.23. The second kappa shape index (κ2) is 7.79. The van der Waals surface area contributed by atoms with Crippen LogP contribution in [0, 0.1) is 0 Å². The molecule has 0 bridgehead atoms. The van der Waals surface area contributed by atoms with Gasteiger partial charge in [-0.05, 0) is 6.42 Å². The molecule has 0 spiro atoms. The number of nitrogens with one attached hydrogen (secondary N) is 1. The van der Waals surface area contributed by atoms with E-state index in [0.717, 1.165) is 6.29 Å². The minimum absolute atomic E-state index is 0.215. The second-order valence-electron chi connectivity index (χ2n) is 2.55. The van der Waals surface area contributed by atoms with Crippen molar-refractivity contribution in [3.05, 3.63) is 0 Å². The fraction of sp³-hybridized carbons (Fsp3) is 0.625. The van der Waals surface area contributed by atoms with Crippen molar-refractivity contribution >= 4 is 31.1 Å². The van der Waals surface area contributed by atoms with Crippen LogP contribution in [0.15, 0.2) is 0 Å². The van der Waals surface area contributed by atoms with Crippen molar-refractivity contribution in [2.75, 3.05) is 5.75 Å². The monoisotopic (exact) mass is 203 g/mol. The summed E-state index contributed by atoms with van der Waals surface area (Å²) < 4.78 is 0. The minimum Gasteiger partial charge on any atom is -0.346 e. The summed E-state index contributed by atoms with van der Waals surface area (Å²) in [5, 5.41) is 2.48. The summed E-state index contributed by atoms with van der Waals surface area (Å²) in [7, 11) is 0. The van der Waals surface area contributed by atoms with Gasteiger partial charge in [-0.2, -0.15) is 12.6 Å². The Balaban J connectivity index is 3.59. The molecule has 1 atom stereocenters. The molecule has 0 aromatic rings. The maximum absolute atomic E-state index is 11.0. The number of rotatable bonds is 7. The highest BCUT2D eigenvalue weighted by atomic mass is 32.1. The number of amides is 1. The van der Waals surface area contributed by atoms with Gasteiger partial charge in [0.25, 0.3) is 0 Å². The molecule has 0 aromatic carbocycles. The third kappa shape index (κ3) is 6.33. The summed E-state index contributed by atoms with van der Waals surface area (Å²) in [5.41, 5.74) is 0. The first-order valence-electron chi connectivity index (χ1n) is 4.03. The number of carbonyl (C=O) groups is 3. The lowest BCUT2D eigenvalue weighted by molar-refractivity contribution is -0.123. The van der Waals surface area contributed by atoms with Crippen LogP contribution < -0.4 is 5.32 Å². The first-order chi connectivity index (χ1) is 6.24. The fourth-order valence-electron chi connectivity index (χ4n) is 0.748. The zero-order valence-corrected chi connectivity index (χ0v) is 8.13. The Bertz CT molecular complexity index is 184. The molecule has 0 saturated carbocycles. The zero-order chi connectivity index (χ0) is 10.1. The quantitative estimate of drug-likeness (QED) is 0.347. The molecule has 0 aliphatic heterocycles. The predicted octanol–water partition coefficient (Wildman–Crippen LogP) is -0.0309. The molecule has 0 fully saturated rings. The van der Waals surface area contributed by atoms with Crippen LogP contribution in [0.2, 0.25) is 0 Å². The number of hydrogen-bond donors (Lipinski definition) is 2. The first kappa shape index (κ1) is 12.2. The number of unbranched alkanes of at least 4 members (excludes halogenated alkanes) is 1. The van der Waals surface area contributed by atoms with Crippen molar-refractivity contribution in [3.8, 4) is 0 Å². The maximum atomic E-state index is 11.0. The predicted molar refractivity (Wildman–Crippen MR) is 51.8 cm³/mol. The topological polar surface area (TPSA) is 63.2 Å². The summed E-state index contributed by atoms with van der Waals surface area (Å²) in [6.45, 7) is 0. The molecule has 0 aromatic heterocycles. The normalized spacial score (nSPS) is 11.8. The summed E-state index contributed by atoms with van der Waals surface area (Å²) in [4.78, 5) is 31.2. The van der Waals surface area contributed by atoms with Crippen LogP contribution in [0.5, 0.6) is 0 Å². The van der Waals surface area contributed by atoms with Crippen LogP contribution in [-0.2, 0) is 14.4 Å². The number of aldehydes is 2. The van der Waals surface area contributed by atoms with E-state index < -0.39 is 6.04 Å². The standard InChI is InChI=1S/C8H13NO3S/c10-4-2-1-3-8(12)9-7(5-11)6-13/h4-5,7,13H,1-3,6H2,(H,9,12)/t7-/m1/s1. The highest BCUT2D eigenvalue weighted by Gasteiger charge is 2.08. The highest BCUT2D eigenvalue weighted by Crippen LogP contribution is 1.93. The third-order valence-corrected chi connectivity index (χ3v) is 1.83. The molecule has 1 N–H and O–H groups in total. The SMILES string of the molecule is O=CCCCC(=O)N[C@H](C=O)CS. The van der Waals surface area contributed by atoms with E-state index >= 15 is 0 Å². The molecule has 0 aliphatic carbocycles. The largest absolute Gasteiger partial charge is 0.346 e. The highest BCUT2D eigenvalue weighted by molar-refractivity contribution is 7.80. The Hall–Kier alpha value is -0.840. The summed E-state index contributed by atoms with van der Waals surface area (Å²) >= 11 is 3.88. The van der Waals surface area contributed by atoms with Gasteiger partial charge in [0.15, 0.2) is 0 Å². The maximum Gasteiger partial charge on any atom is 0.220 e. The number of hydrogen-bond acceptors (Lipinski definition) is 4. The smallest absolute Gasteiger partial charge is 0.220 e. The van der Waals surface area contributed by atoms with Gasteiger partial charge in [0, 0.05) is 18.6 Å². The van der Waals surface area contributed by atoms with Crippen molar-refractivity contribution in [3.63, 3.8) is 0 Å². The second-order valence-corrected chi connectivity index (χ2v) is 2.92. The van der Waals surface area contributed by atoms with Gasteiger partial charge in [0.2, 0.25) is 5.91 Å². The van der Waals surface area contributed by atoms with Gasteiger partial charge in [0.05, 0.1) is 6.04 Å². The van der Waals surface area contributed by atoms with E-state index in [1.54, 1.807) is 0 Å². The summed E-state index contributed by atoms with van der Waals surface area (Å²) in [5.74, 6) is 0.0797. The summed E-state index contributed by atoms with van der Waals surface area (Å²) in [6, 6.07) is -0.521. The van der Waals surface area contributed by atoms with E-state index in [2.05, 4.69) is 17.9 Å². The Morgan fingerprint density at radius 2 is 2.15 bits per heavy atom. The van der Waals surface area contributed by atoms with Gasteiger partial charge < -0.3 is 14.9 Å². The molecule has 1 amide bonds. The van der Waals surface area contributed by atoms with Crippen LogP contribution >= 0.6 is 12.6 Å². The molecule has 0 aliphatic rings. The van der Waals surface area contributed by atoms with Crippen LogP contribution in [-0.4, -0.2) is 30.3 Å². The van der Waals surface area contributed by atoms with Gasteiger partial charge in [-0.1, -0.05) is 0 Å². The van der Waals surface area contributed by atoms with Crippen molar-refractivity contribution in [1.29, 1.82) is 0 Å². The molecule has 0 radical (unpaired) electrons. The Kier molecular flexibility index (Phi) is 7.29. The van der Waals surface area contributed by atoms with Crippen molar-refractivity contribution in [2.24, 2.45) is 0 Å². The average Bonchev–Trinajstić information content (AvgIpc) is 2.14. The van der Waals surface area contributed by atoms with Crippen LogP contribution in [0.3, 0.4) is 0 Å². The van der Waals surface area contributed by atoms with Crippen molar-refractivity contribution < 1.29 is 14.4 Å². The number of carbonyl (C=O) groups excluding carboxylic acids is 3. The molecule has 74 valence electrons. The lowest BCUT2D eigenvalue weighted by Crippen LogP contribution is -2.37. The van der Waals surface area contributed by atoms with Gasteiger partial charge in [-0.15, -0.1) is 0 Å². The van der Waals surface area contributed by atoms with E-state index in [-0.39, 0.29) is 12.3 Å². The molecule has 0 unspecified atom stereocenters. The molecule has 0 heterocycles. The van der Waals surface area contributed by atoms with E-state index in [9.17, 15) is 14.4 Å². The van der Waals surface area contributed by atoms with Crippen LogP contribution in [0.1, 0.15) is 19.3 Å². The molecule has 0 saturated heterocycles. The Labute approximate surface area is 82.5 Å². The van der Waals surface area contributed by atoms with Gasteiger partial charge in [-0.25, -0.2) is 0 Å². The molecule has 0 rings (SSSR count). The first-order valence-corrected chi connectivity index (χ1v) is 4.67. The average molecular weight is 203 g/mol. The summed E-state index contributed by atoms with van der Waals surface area (Å²) in [6.07, 6.45) is 2.58. The molecular formula is C8H13NO3S. The van der Waals surface area contributed by atoms with E-state index in [0.29, 0.717) is 24.9 Å². The molecular weight excluding hydrogens is 190 g/mol. The minimum atomic E-state index is -0.521. The fourth-order valence-corrected chi connectivity index (χ4v) is 0.925. The Morgan fingerprint density at radius 1 is 1.46 bits per heavy atom. The van der Waals surface area contributed by atoms with E-state index in [4.69, 9.17) is 0 Å². The molecule has 5 heteroatoms. The van der Waals surface area contributed by atoms with Crippen molar-refractivity contribution in [1.82, 2.24) is 5.32 Å². The number of thiol groups is 1. The Morgan fingerprint density at radius 3 is 2.62 bits per heavy atom. The van der Waals surface area contributed by atoms with Gasteiger partial charge >= 0.3 is 0 Å². The third-order valence-electron chi connectivity index (χ3n) is 1.43. The van der Waals surface area contributed by atoms with Crippen molar-refractivity contribution in [2.45, 2.75) is 25.3 Å². The van der Waals surface area contributed by atoms with Crippen LogP contribution in [0.4, 0.5) is 0 Å².